The van der Waals surface area contributed by atoms with E-state index in [2.05, 4.69) is 25.8 Å². The zero-order chi connectivity index (χ0) is 18.6. The standard InChI is InChI=1S/C21H24N2O3/c1-21(2,3)11-8-9-14-13(10-11)16-12-6-5-7-15(25-4)18(12)26-20(24)17(16)19(22)23-14/h5-7,11H,8-10H2,1-4H3,(H2,22,23)/p+1/t11-/m0/s1. The van der Waals surface area contributed by atoms with Crippen molar-refractivity contribution in [1.82, 2.24) is 0 Å². The summed E-state index contributed by atoms with van der Waals surface area (Å²) in [6.07, 6.45) is 2.96. The van der Waals surface area contributed by atoms with Crippen LogP contribution >= 0.6 is 0 Å². The Morgan fingerprint density at radius 3 is 2.73 bits per heavy atom. The lowest BCUT2D eigenvalue weighted by Gasteiger charge is -2.34. The molecular weight excluding hydrogens is 328 g/mol. The highest BCUT2D eigenvalue weighted by Crippen LogP contribution is 2.41. The molecule has 1 aromatic carbocycles. The molecule has 0 spiro atoms. The van der Waals surface area contributed by atoms with Crippen LogP contribution in [0.5, 0.6) is 5.75 Å². The maximum Gasteiger partial charge on any atom is 0.352 e. The Balaban J connectivity index is 2.13. The molecule has 0 fully saturated rings. The molecule has 3 aromatic rings. The summed E-state index contributed by atoms with van der Waals surface area (Å²) in [5.74, 6) is 1.49. The van der Waals surface area contributed by atoms with Gasteiger partial charge in [-0.25, -0.2) is 9.78 Å². The van der Waals surface area contributed by atoms with E-state index in [-0.39, 0.29) is 5.41 Å². The third kappa shape index (κ3) is 2.45. The van der Waals surface area contributed by atoms with E-state index in [0.29, 0.717) is 28.5 Å². The van der Waals surface area contributed by atoms with Gasteiger partial charge in [0.15, 0.2) is 16.7 Å². The van der Waals surface area contributed by atoms with E-state index in [1.807, 2.05) is 12.1 Å². The van der Waals surface area contributed by atoms with Crippen LogP contribution in [0.2, 0.25) is 0 Å². The highest BCUT2D eigenvalue weighted by molar-refractivity contribution is 6.10. The second kappa shape index (κ2) is 5.73. The number of hydrogen-bond donors (Lipinski definition) is 1. The van der Waals surface area contributed by atoms with Crippen molar-refractivity contribution in [1.29, 1.82) is 0 Å². The molecule has 1 atom stereocenters. The van der Waals surface area contributed by atoms with Gasteiger partial charge in [0, 0.05) is 22.8 Å². The summed E-state index contributed by atoms with van der Waals surface area (Å²) in [5, 5.41) is 2.24. The second-order valence-electron chi connectivity index (χ2n) is 8.28. The number of aromatic amines is 1. The molecule has 2 heterocycles. The normalized spacial score (nSPS) is 17.5. The van der Waals surface area contributed by atoms with Crippen molar-refractivity contribution in [3.8, 4) is 5.75 Å². The topological polar surface area (TPSA) is 79.6 Å². The van der Waals surface area contributed by atoms with Crippen LogP contribution in [0.3, 0.4) is 0 Å². The van der Waals surface area contributed by atoms with Gasteiger partial charge in [-0.15, -0.1) is 0 Å². The predicted molar refractivity (Wildman–Crippen MR) is 102 cm³/mol. The predicted octanol–water partition coefficient (Wildman–Crippen LogP) is 3.50. The number of H-pyrrole nitrogens is 1. The Hall–Kier alpha value is -2.56. The van der Waals surface area contributed by atoms with Crippen molar-refractivity contribution in [2.75, 3.05) is 12.8 Å². The number of aryl methyl sites for hydroxylation is 1. The van der Waals surface area contributed by atoms with E-state index in [0.717, 1.165) is 35.7 Å². The van der Waals surface area contributed by atoms with E-state index in [9.17, 15) is 4.79 Å². The number of rotatable bonds is 1. The Morgan fingerprint density at radius 2 is 2.04 bits per heavy atom. The molecule has 4 rings (SSSR count). The van der Waals surface area contributed by atoms with Crippen LogP contribution in [0, 0.1) is 11.3 Å². The number of nitrogens with one attached hydrogen (secondary N) is 1. The third-order valence-electron chi connectivity index (χ3n) is 5.76. The van der Waals surface area contributed by atoms with E-state index >= 15 is 0 Å². The average Bonchev–Trinajstić information content (AvgIpc) is 2.59. The van der Waals surface area contributed by atoms with Crippen LogP contribution < -0.4 is 21.1 Å². The summed E-state index contributed by atoms with van der Waals surface area (Å²) in [5.41, 5.74) is 8.80. The molecule has 0 unspecified atom stereocenters. The monoisotopic (exact) mass is 353 g/mol. The molecule has 5 heteroatoms. The summed E-state index contributed by atoms with van der Waals surface area (Å²) in [6.45, 7) is 6.84. The molecular formula is C21H25N2O3+. The number of benzene rings is 1. The Morgan fingerprint density at radius 1 is 1.27 bits per heavy atom. The number of nitrogen functional groups attached to an aromatic ring is 1. The van der Waals surface area contributed by atoms with Crippen molar-refractivity contribution in [3.63, 3.8) is 0 Å². The lowest BCUT2D eigenvalue weighted by molar-refractivity contribution is -0.373. The average molecular weight is 353 g/mol. The smallest absolute Gasteiger partial charge is 0.352 e. The van der Waals surface area contributed by atoms with E-state index in [1.165, 1.54) is 5.56 Å². The van der Waals surface area contributed by atoms with Gasteiger partial charge in [0.25, 0.3) is 5.82 Å². The molecule has 0 saturated heterocycles. The number of pyridine rings is 1. The van der Waals surface area contributed by atoms with Gasteiger partial charge in [0.2, 0.25) is 0 Å². The molecule has 26 heavy (non-hydrogen) atoms. The van der Waals surface area contributed by atoms with Crippen LogP contribution in [0.4, 0.5) is 5.82 Å². The number of nitrogens with two attached hydrogens (primary N) is 1. The first-order valence-electron chi connectivity index (χ1n) is 9.07. The number of methoxy groups -OCH3 is 1. The third-order valence-corrected chi connectivity index (χ3v) is 5.76. The van der Waals surface area contributed by atoms with Gasteiger partial charge < -0.3 is 9.15 Å². The van der Waals surface area contributed by atoms with Crippen LogP contribution in [-0.4, -0.2) is 7.11 Å². The fourth-order valence-electron chi connectivity index (χ4n) is 4.21. The van der Waals surface area contributed by atoms with Crippen LogP contribution in [0.25, 0.3) is 21.7 Å². The highest BCUT2D eigenvalue weighted by Gasteiger charge is 2.33. The first-order chi connectivity index (χ1) is 12.3. The van der Waals surface area contributed by atoms with Crippen LogP contribution in [0.1, 0.15) is 38.4 Å². The zero-order valence-electron chi connectivity index (χ0n) is 15.7. The summed E-state index contributed by atoms with van der Waals surface area (Å²) in [7, 11) is 1.58. The summed E-state index contributed by atoms with van der Waals surface area (Å²) in [4.78, 5) is 16.0. The molecule has 0 radical (unpaired) electrons. The number of fused-ring (bicyclic) bond motifs is 5. The Kier molecular flexibility index (Phi) is 3.72. The Labute approximate surface area is 152 Å². The molecule has 1 aliphatic carbocycles. The van der Waals surface area contributed by atoms with Crippen molar-refractivity contribution < 1.29 is 14.1 Å². The number of aromatic nitrogens is 1. The van der Waals surface area contributed by atoms with E-state index < -0.39 is 5.63 Å². The summed E-state index contributed by atoms with van der Waals surface area (Å²) < 4.78 is 11.0. The fraction of sp³-hybridized carbons (Fsp3) is 0.429. The molecule has 0 amide bonds. The SMILES string of the molecule is COc1cccc2c1oc(=O)c1c(N)[nH+]c3c(c12)C[C@@H](C(C)(C)C)CC3. The number of hydrogen-bond acceptors (Lipinski definition) is 4. The van der Waals surface area contributed by atoms with E-state index in [1.54, 1.807) is 13.2 Å². The summed E-state index contributed by atoms with van der Waals surface area (Å²) >= 11 is 0. The molecule has 1 aliphatic rings. The first-order valence-corrected chi connectivity index (χ1v) is 9.07. The molecule has 136 valence electrons. The number of para-hydroxylation sites is 1. The quantitative estimate of drug-likeness (QED) is 0.536. The molecule has 0 aliphatic heterocycles. The maximum atomic E-state index is 12.7. The molecule has 2 aromatic heterocycles. The van der Waals surface area contributed by atoms with Gasteiger partial charge in [-0.2, -0.15) is 0 Å². The first kappa shape index (κ1) is 16.9. The summed E-state index contributed by atoms with van der Waals surface area (Å²) in [6, 6.07) is 5.70. The van der Waals surface area contributed by atoms with E-state index in [4.69, 9.17) is 14.9 Å². The molecule has 5 nitrogen and oxygen atoms in total. The molecule has 0 saturated carbocycles. The van der Waals surface area contributed by atoms with Crippen molar-refractivity contribution in [2.24, 2.45) is 11.3 Å². The molecule has 3 N–H and O–H groups in total. The number of anilines is 1. The second-order valence-corrected chi connectivity index (χ2v) is 8.28. The van der Waals surface area contributed by atoms with Gasteiger partial charge in [0.1, 0.15) is 5.69 Å². The lowest BCUT2D eigenvalue weighted by atomic mass is 9.71. The van der Waals surface area contributed by atoms with Crippen LogP contribution in [0.15, 0.2) is 27.4 Å². The lowest BCUT2D eigenvalue weighted by Crippen LogP contribution is -2.32. The fourth-order valence-corrected chi connectivity index (χ4v) is 4.21. The molecule has 0 bridgehead atoms. The van der Waals surface area contributed by atoms with Gasteiger partial charge >= 0.3 is 5.63 Å². The van der Waals surface area contributed by atoms with Gasteiger partial charge in [-0.05, 0) is 30.2 Å². The van der Waals surface area contributed by atoms with Gasteiger partial charge in [-0.3, -0.25) is 5.73 Å². The minimum atomic E-state index is -0.425. The number of ether oxygens (including phenoxy) is 1. The minimum absolute atomic E-state index is 0.207. The van der Waals surface area contributed by atoms with Gasteiger partial charge in [0.05, 0.1) is 7.11 Å². The Bertz CT molecular complexity index is 1080. The largest absolute Gasteiger partial charge is 0.493 e. The zero-order valence-corrected chi connectivity index (χ0v) is 15.7. The van der Waals surface area contributed by atoms with Crippen molar-refractivity contribution in [3.05, 3.63) is 39.9 Å². The van der Waals surface area contributed by atoms with Crippen molar-refractivity contribution in [2.45, 2.75) is 40.0 Å². The minimum Gasteiger partial charge on any atom is -0.493 e. The highest BCUT2D eigenvalue weighted by atomic mass is 16.5. The van der Waals surface area contributed by atoms with Crippen molar-refractivity contribution >= 4 is 27.6 Å². The van der Waals surface area contributed by atoms with Crippen LogP contribution in [-0.2, 0) is 12.8 Å². The van der Waals surface area contributed by atoms with Gasteiger partial charge in [-0.1, -0.05) is 32.9 Å². The maximum absolute atomic E-state index is 12.7.